The number of hydrogen-bond acceptors (Lipinski definition) is 3. The molecule has 156 valence electrons. The summed E-state index contributed by atoms with van der Waals surface area (Å²) >= 11 is 0. The van der Waals surface area contributed by atoms with Gasteiger partial charge < -0.3 is 14.6 Å². The smallest absolute Gasteiger partial charge is 0.224 e. The maximum Gasteiger partial charge on any atom is 0.224 e. The second kappa shape index (κ2) is 9.69. The Morgan fingerprint density at radius 2 is 1.67 bits per heavy atom. The van der Waals surface area contributed by atoms with Gasteiger partial charge in [0.1, 0.15) is 5.82 Å². The molecule has 1 atom stereocenters. The molecule has 2 aromatic carbocycles. The zero-order chi connectivity index (χ0) is 20.8. The number of rotatable bonds is 7. The number of amides is 1. The van der Waals surface area contributed by atoms with E-state index in [0.29, 0.717) is 26.2 Å². The molecule has 1 N–H and O–H groups in total. The summed E-state index contributed by atoms with van der Waals surface area (Å²) < 4.78 is 20.8. The third-order valence-electron chi connectivity index (χ3n) is 5.44. The van der Waals surface area contributed by atoms with E-state index in [-0.39, 0.29) is 17.8 Å². The van der Waals surface area contributed by atoms with Gasteiger partial charge in [-0.2, -0.15) is 0 Å². The summed E-state index contributed by atoms with van der Waals surface area (Å²) in [6.45, 7) is 3.39. The van der Waals surface area contributed by atoms with E-state index in [1.807, 2.05) is 53.4 Å². The predicted molar refractivity (Wildman–Crippen MR) is 114 cm³/mol. The summed E-state index contributed by atoms with van der Waals surface area (Å²) in [4.78, 5) is 14.9. The van der Waals surface area contributed by atoms with Crippen molar-refractivity contribution in [3.8, 4) is 5.69 Å². The fourth-order valence-electron chi connectivity index (χ4n) is 3.78. The first-order chi connectivity index (χ1) is 14.7. The Labute approximate surface area is 176 Å². The van der Waals surface area contributed by atoms with Crippen LogP contribution in [0.15, 0.2) is 73.1 Å². The van der Waals surface area contributed by atoms with Crippen LogP contribution in [-0.2, 0) is 16.0 Å². The molecule has 0 saturated carbocycles. The van der Waals surface area contributed by atoms with Crippen molar-refractivity contribution in [2.45, 2.75) is 12.5 Å². The molecule has 1 unspecified atom stereocenters. The van der Waals surface area contributed by atoms with Crippen LogP contribution >= 0.6 is 0 Å². The van der Waals surface area contributed by atoms with E-state index in [0.717, 1.165) is 29.9 Å². The fourth-order valence-corrected chi connectivity index (χ4v) is 3.78. The fraction of sp³-hybridized carbons (Fsp3) is 0.292. The van der Waals surface area contributed by atoms with Gasteiger partial charge in [-0.15, -0.1) is 0 Å². The number of aromatic nitrogens is 1. The van der Waals surface area contributed by atoms with E-state index in [4.69, 9.17) is 4.74 Å². The number of nitrogens with one attached hydrogen (secondary N) is 1. The van der Waals surface area contributed by atoms with Crippen LogP contribution in [0.3, 0.4) is 0 Å². The first kappa shape index (κ1) is 20.3. The Balaban J connectivity index is 1.37. The van der Waals surface area contributed by atoms with Crippen LogP contribution in [0, 0.1) is 5.82 Å². The lowest BCUT2D eigenvalue weighted by Gasteiger charge is -2.35. The van der Waals surface area contributed by atoms with Gasteiger partial charge in [0.05, 0.1) is 25.7 Å². The number of ether oxygens (including phenoxy) is 1. The van der Waals surface area contributed by atoms with Gasteiger partial charge in [-0.1, -0.05) is 24.3 Å². The van der Waals surface area contributed by atoms with Crippen molar-refractivity contribution in [3.63, 3.8) is 0 Å². The van der Waals surface area contributed by atoms with Crippen LogP contribution in [0.4, 0.5) is 4.39 Å². The molecular formula is C24H26FN3O2. The lowest BCUT2D eigenvalue weighted by atomic mass is 10.0. The van der Waals surface area contributed by atoms with E-state index >= 15 is 0 Å². The SMILES string of the molecule is O=C(Cc1ccc(-n2cccc2)cc1)NCC(c1ccc(F)cc1)N1CCOCC1. The van der Waals surface area contributed by atoms with Crippen molar-refractivity contribution in [2.24, 2.45) is 0 Å². The summed E-state index contributed by atoms with van der Waals surface area (Å²) in [6, 6.07) is 18.5. The van der Waals surface area contributed by atoms with E-state index in [9.17, 15) is 9.18 Å². The number of hydrogen-bond donors (Lipinski definition) is 1. The van der Waals surface area contributed by atoms with Gasteiger partial charge in [0.15, 0.2) is 0 Å². The van der Waals surface area contributed by atoms with Crippen molar-refractivity contribution < 1.29 is 13.9 Å². The predicted octanol–water partition coefficient (Wildman–Crippen LogP) is 3.35. The molecule has 0 aliphatic carbocycles. The van der Waals surface area contributed by atoms with Crippen LogP contribution in [0.2, 0.25) is 0 Å². The molecule has 30 heavy (non-hydrogen) atoms. The van der Waals surface area contributed by atoms with Gasteiger partial charge in [0, 0.05) is 37.7 Å². The molecule has 4 rings (SSSR count). The number of halogens is 1. The van der Waals surface area contributed by atoms with E-state index in [1.54, 1.807) is 12.1 Å². The molecule has 2 heterocycles. The minimum absolute atomic E-state index is 0.00503. The van der Waals surface area contributed by atoms with Gasteiger partial charge in [-0.25, -0.2) is 4.39 Å². The highest BCUT2D eigenvalue weighted by atomic mass is 19.1. The molecule has 0 bridgehead atoms. The molecule has 6 heteroatoms. The van der Waals surface area contributed by atoms with Crippen LogP contribution in [0.1, 0.15) is 17.2 Å². The van der Waals surface area contributed by atoms with Crippen molar-refractivity contribution >= 4 is 5.91 Å². The van der Waals surface area contributed by atoms with E-state index in [2.05, 4.69) is 10.2 Å². The number of benzene rings is 2. The maximum absolute atomic E-state index is 13.4. The lowest BCUT2D eigenvalue weighted by molar-refractivity contribution is -0.120. The molecule has 1 fully saturated rings. The maximum atomic E-state index is 13.4. The first-order valence-corrected chi connectivity index (χ1v) is 10.3. The molecule has 0 radical (unpaired) electrons. The van der Waals surface area contributed by atoms with Crippen LogP contribution < -0.4 is 5.32 Å². The van der Waals surface area contributed by atoms with Crippen LogP contribution in [0.5, 0.6) is 0 Å². The van der Waals surface area contributed by atoms with Crippen molar-refractivity contribution in [1.29, 1.82) is 0 Å². The summed E-state index contributed by atoms with van der Waals surface area (Å²) in [6.07, 6.45) is 4.30. The molecule has 3 aromatic rings. The molecule has 5 nitrogen and oxygen atoms in total. The quantitative estimate of drug-likeness (QED) is 0.653. The number of carbonyl (C=O) groups excluding carboxylic acids is 1. The summed E-state index contributed by atoms with van der Waals surface area (Å²) in [5, 5.41) is 3.06. The second-order valence-corrected chi connectivity index (χ2v) is 7.45. The van der Waals surface area contributed by atoms with E-state index < -0.39 is 0 Å². The third-order valence-corrected chi connectivity index (χ3v) is 5.44. The first-order valence-electron chi connectivity index (χ1n) is 10.3. The molecule has 0 spiro atoms. The minimum atomic E-state index is -0.258. The lowest BCUT2D eigenvalue weighted by Crippen LogP contribution is -2.44. The summed E-state index contributed by atoms with van der Waals surface area (Å²) in [7, 11) is 0. The zero-order valence-corrected chi connectivity index (χ0v) is 16.8. The largest absolute Gasteiger partial charge is 0.379 e. The molecule has 1 saturated heterocycles. The summed E-state index contributed by atoms with van der Waals surface area (Å²) in [5.41, 5.74) is 3.02. The molecule has 1 amide bonds. The van der Waals surface area contributed by atoms with Crippen molar-refractivity contribution in [1.82, 2.24) is 14.8 Å². The average molecular weight is 407 g/mol. The van der Waals surface area contributed by atoms with Gasteiger partial charge in [0.25, 0.3) is 0 Å². The van der Waals surface area contributed by atoms with Crippen LogP contribution in [0.25, 0.3) is 5.69 Å². The number of morpholine rings is 1. The highest BCUT2D eigenvalue weighted by Crippen LogP contribution is 2.22. The standard InChI is InChI=1S/C24H26FN3O2/c25-21-7-5-20(6-8-21)23(28-13-15-30-16-14-28)18-26-24(29)17-19-3-9-22(10-4-19)27-11-1-2-12-27/h1-12,23H,13-18H2,(H,26,29). The Morgan fingerprint density at radius 3 is 2.33 bits per heavy atom. The monoisotopic (exact) mass is 407 g/mol. The molecule has 1 aromatic heterocycles. The zero-order valence-electron chi connectivity index (χ0n) is 16.8. The highest BCUT2D eigenvalue weighted by molar-refractivity contribution is 5.78. The Kier molecular flexibility index (Phi) is 6.57. The third kappa shape index (κ3) is 5.14. The number of nitrogens with zero attached hydrogens (tertiary/aromatic N) is 2. The Hall–Kier alpha value is -2.96. The minimum Gasteiger partial charge on any atom is -0.379 e. The van der Waals surface area contributed by atoms with Crippen LogP contribution in [-0.4, -0.2) is 48.2 Å². The Morgan fingerprint density at radius 1 is 1.00 bits per heavy atom. The van der Waals surface area contributed by atoms with E-state index in [1.165, 1.54) is 12.1 Å². The van der Waals surface area contributed by atoms with Crippen molar-refractivity contribution in [2.75, 3.05) is 32.8 Å². The average Bonchev–Trinajstić information content (AvgIpc) is 3.31. The molecule has 1 aliphatic heterocycles. The normalized spacial score (nSPS) is 15.6. The topological polar surface area (TPSA) is 46.5 Å². The highest BCUT2D eigenvalue weighted by Gasteiger charge is 2.23. The van der Waals surface area contributed by atoms with Gasteiger partial charge in [0.2, 0.25) is 5.91 Å². The molecule has 1 aliphatic rings. The van der Waals surface area contributed by atoms with Crippen molar-refractivity contribution in [3.05, 3.63) is 90.0 Å². The second-order valence-electron chi connectivity index (χ2n) is 7.45. The number of carbonyl (C=O) groups is 1. The van der Waals surface area contributed by atoms with Gasteiger partial charge in [-0.05, 0) is 47.5 Å². The molecular weight excluding hydrogens is 381 g/mol. The summed E-state index contributed by atoms with van der Waals surface area (Å²) in [5.74, 6) is -0.282. The van der Waals surface area contributed by atoms with Gasteiger partial charge in [-0.3, -0.25) is 9.69 Å². The Bertz CT molecular complexity index is 934. The van der Waals surface area contributed by atoms with Gasteiger partial charge >= 0.3 is 0 Å².